The van der Waals surface area contributed by atoms with Gasteiger partial charge in [0, 0.05) is 0 Å². The Morgan fingerprint density at radius 3 is 2.08 bits per heavy atom. The van der Waals surface area contributed by atoms with E-state index in [2.05, 4.69) is 20.8 Å². The Morgan fingerprint density at radius 1 is 1.00 bits per heavy atom. The van der Waals surface area contributed by atoms with Gasteiger partial charge in [0.15, 0.2) is 0 Å². The summed E-state index contributed by atoms with van der Waals surface area (Å²) in [7, 11) is 0. The molecule has 74 valence electrons. The van der Waals surface area contributed by atoms with E-state index in [4.69, 9.17) is 0 Å². The minimum atomic E-state index is -0.0772. The van der Waals surface area contributed by atoms with Crippen molar-refractivity contribution in [1.29, 1.82) is 0 Å². The lowest BCUT2D eigenvalue weighted by atomic mass is 10.0. The second-order valence-corrected chi connectivity index (χ2v) is 4.01. The summed E-state index contributed by atoms with van der Waals surface area (Å²) in [6.45, 7) is 6.39. The Kier molecular flexibility index (Phi) is 7.58. The number of aliphatic hydroxyl groups excluding tert-OH is 1. The summed E-state index contributed by atoms with van der Waals surface area (Å²) >= 11 is 0. The third kappa shape index (κ3) is 6.66. The van der Waals surface area contributed by atoms with Crippen molar-refractivity contribution in [3.8, 4) is 0 Å². The van der Waals surface area contributed by atoms with Crippen LogP contribution in [-0.4, -0.2) is 11.2 Å². The zero-order valence-electron chi connectivity index (χ0n) is 8.84. The minimum Gasteiger partial charge on any atom is -0.393 e. The Balaban J connectivity index is 3.08. The van der Waals surface area contributed by atoms with E-state index in [0.29, 0.717) is 5.92 Å². The molecule has 1 heteroatoms. The maximum atomic E-state index is 9.48. The summed E-state index contributed by atoms with van der Waals surface area (Å²) in [6, 6.07) is 0. The minimum absolute atomic E-state index is 0.0772. The largest absolute Gasteiger partial charge is 0.393 e. The predicted octanol–water partition coefficient (Wildman–Crippen LogP) is 3.36. The fourth-order valence-electron chi connectivity index (χ4n) is 1.29. The van der Waals surface area contributed by atoms with Crippen molar-refractivity contribution in [2.75, 3.05) is 0 Å². The van der Waals surface area contributed by atoms with Gasteiger partial charge in [0.05, 0.1) is 6.10 Å². The summed E-state index contributed by atoms with van der Waals surface area (Å²) in [5.41, 5.74) is 0. The van der Waals surface area contributed by atoms with Gasteiger partial charge in [-0.05, 0) is 12.3 Å². The molecule has 0 fully saturated rings. The van der Waals surface area contributed by atoms with Gasteiger partial charge < -0.3 is 5.11 Å². The molecule has 0 rings (SSSR count). The number of hydrogen-bond acceptors (Lipinski definition) is 1. The quantitative estimate of drug-likeness (QED) is 0.584. The summed E-state index contributed by atoms with van der Waals surface area (Å²) in [5, 5.41) is 9.48. The van der Waals surface area contributed by atoms with Crippen LogP contribution in [0, 0.1) is 5.92 Å². The van der Waals surface area contributed by atoms with Crippen LogP contribution in [-0.2, 0) is 0 Å². The van der Waals surface area contributed by atoms with Crippen LogP contribution in [0.4, 0.5) is 0 Å². The lowest BCUT2D eigenvalue weighted by Crippen LogP contribution is -2.13. The highest BCUT2D eigenvalue weighted by atomic mass is 16.3. The topological polar surface area (TPSA) is 20.2 Å². The fraction of sp³-hybridized carbons (Fsp3) is 1.00. The molecule has 0 saturated carbocycles. The average molecular weight is 172 g/mol. The molecule has 0 unspecified atom stereocenters. The lowest BCUT2D eigenvalue weighted by Gasteiger charge is -2.13. The predicted molar refractivity (Wildman–Crippen MR) is 54.2 cm³/mol. The molecule has 0 aromatic heterocycles. The van der Waals surface area contributed by atoms with E-state index in [9.17, 15) is 5.11 Å². The molecule has 1 atom stereocenters. The van der Waals surface area contributed by atoms with Crippen LogP contribution in [0.1, 0.15) is 59.3 Å². The zero-order chi connectivity index (χ0) is 9.40. The molecular formula is C11H24O. The van der Waals surface area contributed by atoms with Crippen molar-refractivity contribution in [2.24, 2.45) is 5.92 Å². The zero-order valence-corrected chi connectivity index (χ0v) is 8.84. The van der Waals surface area contributed by atoms with Crippen LogP contribution in [0.15, 0.2) is 0 Å². The van der Waals surface area contributed by atoms with Crippen molar-refractivity contribution in [1.82, 2.24) is 0 Å². The fourth-order valence-corrected chi connectivity index (χ4v) is 1.29. The van der Waals surface area contributed by atoms with E-state index in [-0.39, 0.29) is 6.10 Å². The van der Waals surface area contributed by atoms with Gasteiger partial charge >= 0.3 is 0 Å². The van der Waals surface area contributed by atoms with E-state index in [1.165, 1.54) is 32.1 Å². The van der Waals surface area contributed by atoms with Crippen LogP contribution in [0.25, 0.3) is 0 Å². The molecule has 0 aliphatic heterocycles. The van der Waals surface area contributed by atoms with Gasteiger partial charge in [0.25, 0.3) is 0 Å². The molecule has 0 spiro atoms. The van der Waals surface area contributed by atoms with Crippen LogP contribution in [0.2, 0.25) is 0 Å². The normalized spacial score (nSPS) is 13.8. The van der Waals surface area contributed by atoms with Crippen LogP contribution in [0.5, 0.6) is 0 Å². The lowest BCUT2D eigenvalue weighted by molar-refractivity contribution is 0.113. The molecule has 0 radical (unpaired) electrons. The van der Waals surface area contributed by atoms with Crippen LogP contribution in [0.3, 0.4) is 0 Å². The number of hydrogen-bond donors (Lipinski definition) is 1. The molecule has 0 amide bonds. The molecular weight excluding hydrogens is 148 g/mol. The van der Waals surface area contributed by atoms with E-state index < -0.39 is 0 Å². The summed E-state index contributed by atoms with van der Waals surface area (Å²) in [5.74, 6) is 0.427. The van der Waals surface area contributed by atoms with Gasteiger partial charge in [-0.25, -0.2) is 0 Å². The highest BCUT2D eigenvalue weighted by Gasteiger charge is 2.07. The van der Waals surface area contributed by atoms with Gasteiger partial charge in [0.2, 0.25) is 0 Å². The molecule has 0 heterocycles. The molecule has 0 bridgehead atoms. The maximum absolute atomic E-state index is 9.48. The first kappa shape index (κ1) is 12.0. The molecule has 12 heavy (non-hydrogen) atoms. The van der Waals surface area contributed by atoms with Gasteiger partial charge in [-0.15, -0.1) is 0 Å². The van der Waals surface area contributed by atoms with Crippen molar-refractivity contribution >= 4 is 0 Å². The van der Waals surface area contributed by atoms with Crippen molar-refractivity contribution in [2.45, 2.75) is 65.4 Å². The van der Waals surface area contributed by atoms with Crippen LogP contribution >= 0.6 is 0 Å². The SMILES string of the molecule is CCCCCCC[C@@H](O)C(C)C. The molecule has 0 aliphatic carbocycles. The Hall–Kier alpha value is -0.0400. The van der Waals surface area contributed by atoms with E-state index >= 15 is 0 Å². The monoisotopic (exact) mass is 172 g/mol. The molecule has 1 N–H and O–H groups in total. The first-order valence-corrected chi connectivity index (χ1v) is 5.36. The second-order valence-electron chi connectivity index (χ2n) is 4.01. The second kappa shape index (κ2) is 7.60. The molecule has 1 nitrogen and oxygen atoms in total. The van der Waals surface area contributed by atoms with E-state index in [1.54, 1.807) is 0 Å². The van der Waals surface area contributed by atoms with Crippen molar-refractivity contribution in [3.63, 3.8) is 0 Å². The van der Waals surface area contributed by atoms with Gasteiger partial charge in [-0.1, -0.05) is 52.9 Å². The Bertz CT molecular complexity index is 89.0. The highest BCUT2D eigenvalue weighted by molar-refractivity contribution is 4.59. The summed E-state index contributed by atoms with van der Waals surface area (Å²) < 4.78 is 0. The third-order valence-corrected chi connectivity index (χ3v) is 2.37. The van der Waals surface area contributed by atoms with Crippen molar-refractivity contribution in [3.05, 3.63) is 0 Å². The molecule has 0 aromatic carbocycles. The third-order valence-electron chi connectivity index (χ3n) is 2.37. The maximum Gasteiger partial charge on any atom is 0.0563 e. The van der Waals surface area contributed by atoms with Gasteiger partial charge in [-0.2, -0.15) is 0 Å². The molecule has 0 aliphatic rings. The number of unbranched alkanes of at least 4 members (excludes halogenated alkanes) is 4. The molecule has 0 aromatic rings. The Morgan fingerprint density at radius 2 is 1.58 bits per heavy atom. The summed E-state index contributed by atoms with van der Waals surface area (Å²) in [6.07, 6.45) is 7.37. The van der Waals surface area contributed by atoms with Crippen LogP contribution < -0.4 is 0 Å². The first-order chi connectivity index (χ1) is 5.68. The number of aliphatic hydroxyl groups is 1. The smallest absolute Gasteiger partial charge is 0.0563 e. The Labute approximate surface area is 77.2 Å². The molecule has 0 saturated heterocycles. The first-order valence-electron chi connectivity index (χ1n) is 5.36. The van der Waals surface area contributed by atoms with Crippen molar-refractivity contribution < 1.29 is 5.11 Å². The highest BCUT2D eigenvalue weighted by Crippen LogP contribution is 2.11. The average Bonchev–Trinajstić information content (AvgIpc) is 2.03. The van der Waals surface area contributed by atoms with Gasteiger partial charge in [-0.3, -0.25) is 0 Å². The van der Waals surface area contributed by atoms with Gasteiger partial charge in [0.1, 0.15) is 0 Å². The summed E-state index contributed by atoms with van der Waals surface area (Å²) in [4.78, 5) is 0. The van der Waals surface area contributed by atoms with E-state index in [0.717, 1.165) is 6.42 Å². The number of rotatable bonds is 7. The van der Waals surface area contributed by atoms with E-state index in [1.807, 2.05) is 0 Å². The standard InChI is InChI=1S/C11H24O/c1-4-5-6-7-8-9-11(12)10(2)3/h10-12H,4-9H2,1-3H3/t11-/m1/s1.